The molecule has 1 aliphatic rings. The van der Waals surface area contributed by atoms with Crippen LogP contribution in [-0.2, 0) is 11.2 Å². The van der Waals surface area contributed by atoms with Crippen molar-refractivity contribution in [3.63, 3.8) is 0 Å². The van der Waals surface area contributed by atoms with Crippen LogP contribution in [0.3, 0.4) is 0 Å². The second kappa shape index (κ2) is 4.18. The summed E-state index contributed by atoms with van der Waals surface area (Å²) in [5.74, 6) is 0. The van der Waals surface area contributed by atoms with E-state index >= 15 is 0 Å². The van der Waals surface area contributed by atoms with Gasteiger partial charge in [-0.2, -0.15) is 5.10 Å². The van der Waals surface area contributed by atoms with E-state index in [4.69, 9.17) is 10.5 Å². The van der Waals surface area contributed by atoms with Gasteiger partial charge >= 0.3 is 0 Å². The first-order valence-corrected chi connectivity index (χ1v) is 5.96. The Hall–Kier alpha value is -0.870. The lowest BCUT2D eigenvalue weighted by molar-refractivity contribution is 0.0952. The SMILES string of the molecule is CC(C)n1ccc(CC2(N)CCOC2C)n1. The fourth-order valence-electron chi connectivity index (χ4n) is 2.12. The third-order valence-electron chi connectivity index (χ3n) is 3.45. The van der Waals surface area contributed by atoms with Gasteiger partial charge in [0.05, 0.1) is 11.8 Å². The molecule has 0 bridgehead atoms. The summed E-state index contributed by atoms with van der Waals surface area (Å²) in [5.41, 5.74) is 7.17. The summed E-state index contributed by atoms with van der Waals surface area (Å²) in [6, 6.07) is 2.46. The second-order valence-corrected chi connectivity index (χ2v) is 5.05. The molecule has 0 aromatic carbocycles. The molecule has 0 amide bonds. The maximum atomic E-state index is 6.35. The molecule has 0 aliphatic carbocycles. The zero-order valence-corrected chi connectivity index (χ0v) is 10.3. The Morgan fingerprint density at radius 2 is 2.44 bits per heavy atom. The van der Waals surface area contributed by atoms with Gasteiger partial charge in [0.25, 0.3) is 0 Å². The largest absolute Gasteiger partial charge is 0.377 e. The molecule has 0 radical (unpaired) electrons. The van der Waals surface area contributed by atoms with Crippen molar-refractivity contribution in [2.75, 3.05) is 6.61 Å². The van der Waals surface area contributed by atoms with Crippen molar-refractivity contribution in [2.45, 2.75) is 51.3 Å². The molecule has 2 atom stereocenters. The number of rotatable bonds is 3. The molecule has 1 fully saturated rings. The summed E-state index contributed by atoms with van der Waals surface area (Å²) >= 11 is 0. The van der Waals surface area contributed by atoms with Crippen molar-refractivity contribution < 1.29 is 4.74 Å². The molecule has 2 rings (SSSR count). The van der Waals surface area contributed by atoms with Gasteiger partial charge in [0.2, 0.25) is 0 Å². The first-order chi connectivity index (χ1) is 7.51. The Labute approximate surface area is 96.8 Å². The van der Waals surface area contributed by atoms with Crippen LogP contribution in [0.1, 0.15) is 38.9 Å². The van der Waals surface area contributed by atoms with Crippen LogP contribution in [-0.4, -0.2) is 28.0 Å². The maximum Gasteiger partial charge on any atom is 0.0731 e. The summed E-state index contributed by atoms with van der Waals surface area (Å²) in [6.07, 6.45) is 3.86. The number of hydrogen-bond acceptors (Lipinski definition) is 3. The van der Waals surface area contributed by atoms with E-state index in [1.165, 1.54) is 0 Å². The molecule has 4 heteroatoms. The first-order valence-electron chi connectivity index (χ1n) is 5.96. The van der Waals surface area contributed by atoms with E-state index < -0.39 is 0 Å². The Bertz CT molecular complexity index is 361. The van der Waals surface area contributed by atoms with Gasteiger partial charge in [-0.1, -0.05) is 0 Å². The van der Waals surface area contributed by atoms with Crippen molar-refractivity contribution in [2.24, 2.45) is 5.73 Å². The molecular formula is C12H21N3O. The fourth-order valence-corrected chi connectivity index (χ4v) is 2.12. The van der Waals surface area contributed by atoms with Gasteiger partial charge in [-0.05, 0) is 33.3 Å². The third kappa shape index (κ3) is 2.13. The topological polar surface area (TPSA) is 53.1 Å². The predicted molar refractivity (Wildman–Crippen MR) is 63.3 cm³/mol. The van der Waals surface area contributed by atoms with Gasteiger partial charge < -0.3 is 10.5 Å². The van der Waals surface area contributed by atoms with Crippen molar-refractivity contribution in [1.82, 2.24) is 9.78 Å². The minimum atomic E-state index is -0.240. The van der Waals surface area contributed by atoms with E-state index in [9.17, 15) is 0 Å². The lowest BCUT2D eigenvalue weighted by Crippen LogP contribution is -2.48. The smallest absolute Gasteiger partial charge is 0.0731 e. The number of ether oxygens (including phenoxy) is 1. The Morgan fingerprint density at radius 1 is 1.69 bits per heavy atom. The van der Waals surface area contributed by atoms with E-state index in [0.717, 1.165) is 25.1 Å². The van der Waals surface area contributed by atoms with Gasteiger partial charge in [0, 0.05) is 30.8 Å². The highest BCUT2D eigenvalue weighted by atomic mass is 16.5. The highest BCUT2D eigenvalue weighted by Crippen LogP contribution is 2.26. The molecule has 2 heterocycles. The minimum Gasteiger partial charge on any atom is -0.377 e. The van der Waals surface area contributed by atoms with E-state index in [-0.39, 0.29) is 11.6 Å². The molecule has 2 unspecified atom stereocenters. The number of aromatic nitrogens is 2. The average Bonchev–Trinajstić information content (AvgIpc) is 2.76. The number of nitrogens with two attached hydrogens (primary N) is 1. The summed E-state index contributed by atoms with van der Waals surface area (Å²) in [6.45, 7) is 7.06. The van der Waals surface area contributed by atoms with E-state index in [2.05, 4.69) is 25.0 Å². The zero-order chi connectivity index (χ0) is 11.8. The normalized spacial score (nSPS) is 30.2. The monoisotopic (exact) mass is 223 g/mol. The highest BCUT2D eigenvalue weighted by Gasteiger charge is 2.38. The molecule has 1 aromatic rings. The summed E-state index contributed by atoms with van der Waals surface area (Å²) in [5, 5.41) is 4.53. The van der Waals surface area contributed by atoms with Gasteiger partial charge in [0.1, 0.15) is 0 Å². The lowest BCUT2D eigenvalue weighted by Gasteiger charge is -2.26. The molecule has 90 valence electrons. The first kappa shape index (κ1) is 11.6. The van der Waals surface area contributed by atoms with Gasteiger partial charge in [-0.15, -0.1) is 0 Å². The van der Waals surface area contributed by atoms with Crippen LogP contribution in [0, 0.1) is 0 Å². The van der Waals surface area contributed by atoms with Crippen LogP contribution >= 0.6 is 0 Å². The molecule has 1 saturated heterocycles. The molecular weight excluding hydrogens is 202 g/mol. The van der Waals surface area contributed by atoms with Crippen LogP contribution in [0.4, 0.5) is 0 Å². The van der Waals surface area contributed by atoms with Gasteiger partial charge in [0.15, 0.2) is 0 Å². The average molecular weight is 223 g/mol. The van der Waals surface area contributed by atoms with Crippen molar-refractivity contribution in [3.8, 4) is 0 Å². The predicted octanol–water partition coefficient (Wildman–Crippen LogP) is 1.51. The quantitative estimate of drug-likeness (QED) is 0.845. The van der Waals surface area contributed by atoms with Crippen LogP contribution < -0.4 is 5.73 Å². The Morgan fingerprint density at radius 3 is 2.94 bits per heavy atom. The number of hydrogen-bond donors (Lipinski definition) is 1. The van der Waals surface area contributed by atoms with Crippen LogP contribution in [0.15, 0.2) is 12.3 Å². The molecule has 16 heavy (non-hydrogen) atoms. The zero-order valence-electron chi connectivity index (χ0n) is 10.3. The molecule has 1 aliphatic heterocycles. The van der Waals surface area contributed by atoms with Gasteiger partial charge in [-0.25, -0.2) is 0 Å². The van der Waals surface area contributed by atoms with E-state index in [1.807, 2.05) is 17.8 Å². The van der Waals surface area contributed by atoms with E-state index in [0.29, 0.717) is 6.04 Å². The third-order valence-corrected chi connectivity index (χ3v) is 3.45. The van der Waals surface area contributed by atoms with Crippen LogP contribution in [0.25, 0.3) is 0 Å². The van der Waals surface area contributed by atoms with Crippen molar-refractivity contribution in [3.05, 3.63) is 18.0 Å². The Balaban J connectivity index is 2.08. The molecule has 2 N–H and O–H groups in total. The maximum absolute atomic E-state index is 6.35. The highest BCUT2D eigenvalue weighted by molar-refractivity contribution is 5.09. The minimum absolute atomic E-state index is 0.122. The standard InChI is InChI=1S/C12H21N3O/c1-9(2)15-6-4-11(14-15)8-12(13)5-7-16-10(12)3/h4,6,9-10H,5,7-8,13H2,1-3H3. The van der Waals surface area contributed by atoms with Crippen LogP contribution in [0.5, 0.6) is 0 Å². The number of nitrogens with zero attached hydrogens (tertiary/aromatic N) is 2. The van der Waals surface area contributed by atoms with Crippen molar-refractivity contribution in [1.29, 1.82) is 0 Å². The van der Waals surface area contributed by atoms with E-state index in [1.54, 1.807) is 0 Å². The summed E-state index contributed by atoms with van der Waals surface area (Å²) < 4.78 is 7.51. The molecule has 4 nitrogen and oxygen atoms in total. The van der Waals surface area contributed by atoms with Crippen LogP contribution in [0.2, 0.25) is 0 Å². The fraction of sp³-hybridized carbons (Fsp3) is 0.750. The summed E-state index contributed by atoms with van der Waals surface area (Å²) in [7, 11) is 0. The van der Waals surface area contributed by atoms with Crippen molar-refractivity contribution >= 4 is 0 Å². The lowest BCUT2D eigenvalue weighted by atomic mass is 9.88. The second-order valence-electron chi connectivity index (χ2n) is 5.05. The molecule has 1 aromatic heterocycles. The molecule has 0 saturated carbocycles. The molecule has 0 spiro atoms. The summed E-state index contributed by atoms with van der Waals surface area (Å²) in [4.78, 5) is 0. The Kier molecular flexibility index (Phi) is 3.04. The van der Waals surface area contributed by atoms with Gasteiger partial charge in [-0.3, -0.25) is 4.68 Å².